The van der Waals surface area contributed by atoms with Crippen LogP contribution in [0.5, 0.6) is 0 Å². The zero-order valence-electron chi connectivity index (χ0n) is 10.2. The predicted molar refractivity (Wildman–Crippen MR) is 59.5 cm³/mol. The van der Waals surface area contributed by atoms with Gasteiger partial charge in [-0.3, -0.25) is 0 Å². The molecule has 1 unspecified atom stereocenters. The largest absolute Gasteiger partial charge is 0.394 e. The maximum absolute atomic E-state index is 10.1. The van der Waals surface area contributed by atoms with E-state index in [4.69, 9.17) is 19.3 Å². The average molecular weight is 260 g/mol. The summed E-state index contributed by atoms with van der Waals surface area (Å²) in [6.45, 7) is -0.452. The molecule has 0 bridgehead atoms. The Bertz CT molecular complexity index is 303. The fourth-order valence-corrected chi connectivity index (χ4v) is 3.12. The van der Waals surface area contributed by atoms with Crippen molar-refractivity contribution >= 4 is 0 Å². The first-order chi connectivity index (χ1) is 8.65. The molecule has 6 nitrogen and oxygen atoms in total. The Morgan fingerprint density at radius 3 is 2.50 bits per heavy atom. The van der Waals surface area contributed by atoms with E-state index >= 15 is 0 Å². The van der Waals surface area contributed by atoms with Gasteiger partial charge in [-0.05, 0) is 12.8 Å². The Morgan fingerprint density at radius 1 is 1.17 bits per heavy atom. The van der Waals surface area contributed by atoms with Crippen molar-refractivity contribution in [3.05, 3.63) is 0 Å². The van der Waals surface area contributed by atoms with Crippen LogP contribution in [0.3, 0.4) is 0 Å². The molecule has 3 fully saturated rings. The molecule has 0 aromatic carbocycles. The smallest absolute Gasteiger partial charge is 0.190 e. The summed E-state index contributed by atoms with van der Waals surface area (Å²) in [7, 11) is 0. The molecule has 0 aromatic rings. The maximum atomic E-state index is 10.1. The summed E-state index contributed by atoms with van der Waals surface area (Å²) in [5.74, 6) is -0.607. The summed E-state index contributed by atoms with van der Waals surface area (Å²) in [5, 5.41) is 28.5. The summed E-state index contributed by atoms with van der Waals surface area (Å²) in [5.41, 5.74) is 0. The van der Waals surface area contributed by atoms with Crippen LogP contribution in [0.4, 0.5) is 0 Å². The van der Waals surface area contributed by atoms with Crippen LogP contribution in [-0.2, 0) is 14.2 Å². The number of hydrogen-bond acceptors (Lipinski definition) is 6. The van der Waals surface area contributed by atoms with Gasteiger partial charge in [0.05, 0.1) is 6.61 Å². The van der Waals surface area contributed by atoms with Crippen molar-refractivity contribution in [1.29, 1.82) is 0 Å². The molecule has 0 radical (unpaired) electrons. The lowest BCUT2D eigenvalue weighted by Gasteiger charge is -2.33. The molecule has 5 atom stereocenters. The number of fused-ring (bicyclic) bond motifs is 1. The van der Waals surface area contributed by atoms with Gasteiger partial charge < -0.3 is 29.5 Å². The minimum atomic E-state index is -1.11. The van der Waals surface area contributed by atoms with Crippen LogP contribution in [0.1, 0.15) is 32.1 Å². The maximum Gasteiger partial charge on any atom is 0.190 e. The molecule has 2 heterocycles. The summed E-state index contributed by atoms with van der Waals surface area (Å²) >= 11 is 0. The fraction of sp³-hybridized carbons (Fsp3) is 1.00. The predicted octanol–water partition coefficient (Wildman–Crippen LogP) is -0.499. The molecular formula is C12H20O6. The third-order valence-electron chi connectivity index (χ3n) is 4.10. The summed E-state index contributed by atoms with van der Waals surface area (Å²) in [6, 6.07) is 0. The third kappa shape index (κ3) is 1.97. The minimum Gasteiger partial charge on any atom is -0.394 e. The van der Waals surface area contributed by atoms with Crippen LogP contribution < -0.4 is 0 Å². The zero-order chi connectivity index (χ0) is 12.8. The molecule has 0 aromatic heterocycles. The van der Waals surface area contributed by atoms with Gasteiger partial charge in [0.2, 0.25) is 0 Å². The molecule has 0 amide bonds. The molecule has 18 heavy (non-hydrogen) atoms. The van der Waals surface area contributed by atoms with Gasteiger partial charge in [0.25, 0.3) is 0 Å². The Kier molecular flexibility index (Phi) is 3.34. The molecule has 6 heteroatoms. The highest BCUT2D eigenvalue weighted by Crippen LogP contribution is 2.45. The third-order valence-corrected chi connectivity index (χ3v) is 4.10. The first-order valence-corrected chi connectivity index (χ1v) is 6.63. The number of ether oxygens (including phenoxy) is 3. The second-order valence-electron chi connectivity index (χ2n) is 5.38. The van der Waals surface area contributed by atoms with Crippen molar-refractivity contribution in [1.82, 2.24) is 0 Å². The Labute approximate surface area is 105 Å². The minimum absolute atomic E-state index is 0.452. The van der Waals surface area contributed by atoms with Gasteiger partial charge >= 0.3 is 0 Å². The van der Waals surface area contributed by atoms with Gasteiger partial charge in [0, 0.05) is 12.8 Å². The van der Waals surface area contributed by atoms with Crippen LogP contribution >= 0.6 is 0 Å². The number of aliphatic hydroxyl groups excluding tert-OH is 3. The number of aliphatic hydroxyl groups is 3. The summed E-state index contributed by atoms with van der Waals surface area (Å²) in [4.78, 5) is 0. The van der Waals surface area contributed by atoms with Gasteiger partial charge in [-0.1, -0.05) is 6.42 Å². The van der Waals surface area contributed by atoms with Gasteiger partial charge in [0.15, 0.2) is 12.1 Å². The molecular weight excluding hydrogens is 240 g/mol. The van der Waals surface area contributed by atoms with E-state index in [1.165, 1.54) is 6.42 Å². The normalized spacial score (nSPS) is 44.2. The van der Waals surface area contributed by atoms with Crippen molar-refractivity contribution in [3.63, 3.8) is 0 Å². The molecule has 3 aliphatic rings. The van der Waals surface area contributed by atoms with Gasteiger partial charge in [-0.25, -0.2) is 0 Å². The first-order valence-electron chi connectivity index (χ1n) is 6.63. The van der Waals surface area contributed by atoms with E-state index in [2.05, 4.69) is 0 Å². The summed E-state index contributed by atoms with van der Waals surface area (Å²) < 4.78 is 17.1. The highest BCUT2D eigenvalue weighted by Gasteiger charge is 2.58. The van der Waals surface area contributed by atoms with Crippen LogP contribution in [0.2, 0.25) is 0 Å². The van der Waals surface area contributed by atoms with Crippen LogP contribution in [-0.4, -0.2) is 58.4 Å². The SMILES string of the molecule is OC[C@@H](O)C1O[C@@H]2OC3(CCCCC3)O[C@@H]2[C@H]1O. The lowest BCUT2D eigenvalue weighted by Crippen LogP contribution is -2.43. The zero-order valence-corrected chi connectivity index (χ0v) is 10.2. The second-order valence-corrected chi connectivity index (χ2v) is 5.38. The van der Waals surface area contributed by atoms with Crippen molar-refractivity contribution in [2.45, 2.75) is 68.6 Å². The van der Waals surface area contributed by atoms with E-state index in [1.807, 2.05) is 0 Å². The molecule has 3 N–H and O–H groups in total. The molecule has 1 saturated carbocycles. The van der Waals surface area contributed by atoms with Crippen LogP contribution in [0.15, 0.2) is 0 Å². The van der Waals surface area contributed by atoms with E-state index in [0.29, 0.717) is 0 Å². The molecule has 1 aliphatic carbocycles. The lowest BCUT2D eigenvalue weighted by atomic mass is 9.94. The van der Waals surface area contributed by atoms with Gasteiger partial charge in [-0.2, -0.15) is 0 Å². The molecule has 1 spiro atoms. The van der Waals surface area contributed by atoms with Crippen LogP contribution in [0.25, 0.3) is 0 Å². The van der Waals surface area contributed by atoms with Crippen molar-refractivity contribution in [3.8, 4) is 0 Å². The second kappa shape index (κ2) is 4.70. The van der Waals surface area contributed by atoms with E-state index in [1.54, 1.807) is 0 Å². The molecule has 2 aliphatic heterocycles. The van der Waals surface area contributed by atoms with Gasteiger partial charge in [-0.15, -0.1) is 0 Å². The van der Waals surface area contributed by atoms with Crippen molar-refractivity contribution < 1.29 is 29.5 Å². The van der Waals surface area contributed by atoms with Crippen molar-refractivity contribution in [2.75, 3.05) is 6.61 Å². The quantitative estimate of drug-likeness (QED) is 0.620. The number of rotatable bonds is 2. The first kappa shape index (κ1) is 12.8. The lowest BCUT2D eigenvalue weighted by molar-refractivity contribution is -0.254. The number of hydrogen-bond donors (Lipinski definition) is 3. The summed E-state index contributed by atoms with van der Waals surface area (Å²) in [6.07, 6.45) is 0.824. The van der Waals surface area contributed by atoms with Gasteiger partial charge in [0.1, 0.15) is 24.4 Å². The van der Waals surface area contributed by atoms with E-state index in [0.717, 1.165) is 25.7 Å². The van der Waals surface area contributed by atoms with Crippen molar-refractivity contribution in [2.24, 2.45) is 0 Å². The topological polar surface area (TPSA) is 88.4 Å². The molecule has 3 rings (SSSR count). The average Bonchev–Trinajstić information content (AvgIpc) is 2.86. The monoisotopic (exact) mass is 260 g/mol. The van der Waals surface area contributed by atoms with E-state index in [9.17, 15) is 10.2 Å². The standard InChI is InChI=1S/C12H20O6/c13-6-7(14)9-8(15)10-11(16-9)18-12(17-10)4-2-1-3-5-12/h7-11,13-15H,1-6H2/t7-,8+,9?,10-,11-/m1/s1. The van der Waals surface area contributed by atoms with E-state index in [-0.39, 0.29) is 0 Å². The highest BCUT2D eigenvalue weighted by molar-refractivity contribution is 4.97. The molecule has 2 saturated heterocycles. The van der Waals surface area contributed by atoms with Crippen LogP contribution in [0, 0.1) is 0 Å². The molecule has 104 valence electrons. The Hall–Kier alpha value is -0.240. The Morgan fingerprint density at radius 2 is 1.89 bits per heavy atom. The van der Waals surface area contributed by atoms with E-state index < -0.39 is 43.1 Å². The highest BCUT2D eigenvalue weighted by atomic mass is 16.8. The Balaban J connectivity index is 1.68. The fourth-order valence-electron chi connectivity index (χ4n) is 3.12.